The van der Waals surface area contributed by atoms with Crippen molar-refractivity contribution in [2.24, 2.45) is 18.4 Å². The lowest BCUT2D eigenvalue weighted by atomic mass is 9.78. The molecule has 0 atom stereocenters. The fourth-order valence-corrected chi connectivity index (χ4v) is 3.25. The monoisotopic (exact) mass is 235 g/mol. The zero-order chi connectivity index (χ0) is 12.3. The maximum atomic E-state index is 4.34. The summed E-state index contributed by atoms with van der Waals surface area (Å²) in [6.07, 6.45) is 10.7. The minimum absolute atomic E-state index is 0.514. The number of hydrogen-bond acceptors (Lipinski definition) is 2. The van der Waals surface area contributed by atoms with Gasteiger partial charge < -0.3 is 9.88 Å². The van der Waals surface area contributed by atoms with Crippen LogP contribution in [0.3, 0.4) is 0 Å². The van der Waals surface area contributed by atoms with Gasteiger partial charge in [-0.3, -0.25) is 0 Å². The molecular weight excluding hydrogens is 210 g/mol. The molecule has 1 heterocycles. The maximum absolute atomic E-state index is 4.34. The van der Waals surface area contributed by atoms with E-state index in [0.29, 0.717) is 5.41 Å². The van der Waals surface area contributed by atoms with E-state index >= 15 is 0 Å². The lowest BCUT2D eigenvalue weighted by Crippen LogP contribution is -2.29. The maximum Gasteiger partial charge on any atom is 0.202 e. The van der Waals surface area contributed by atoms with Crippen molar-refractivity contribution in [2.45, 2.75) is 46.0 Å². The van der Waals surface area contributed by atoms with E-state index in [1.54, 1.807) is 0 Å². The summed E-state index contributed by atoms with van der Waals surface area (Å²) < 4.78 is 2.05. The fraction of sp³-hybridized carbons (Fsp3) is 0.786. The van der Waals surface area contributed by atoms with Crippen LogP contribution in [0.25, 0.3) is 0 Å². The Morgan fingerprint density at radius 3 is 2.65 bits per heavy atom. The second kappa shape index (κ2) is 5.11. The Kier molecular flexibility index (Phi) is 3.75. The van der Waals surface area contributed by atoms with E-state index in [0.717, 1.165) is 18.4 Å². The molecule has 0 spiro atoms. The average Bonchev–Trinajstić information content (AvgIpc) is 2.85. The summed E-state index contributed by atoms with van der Waals surface area (Å²) in [5.74, 6) is 1.79. The molecule has 3 heteroatoms. The van der Waals surface area contributed by atoms with Crippen LogP contribution in [0.4, 0.5) is 5.95 Å². The van der Waals surface area contributed by atoms with Gasteiger partial charge in [-0.15, -0.1) is 0 Å². The summed E-state index contributed by atoms with van der Waals surface area (Å²) in [5.41, 5.74) is 0.514. The van der Waals surface area contributed by atoms with Gasteiger partial charge in [0.1, 0.15) is 0 Å². The van der Waals surface area contributed by atoms with Crippen molar-refractivity contribution < 1.29 is 0 Å². The Balaban J connectivity index is 1.96. The molecule has 1 aromatic heterocycles. The average molecular weight is 235 g/mol. The molecule has 1 aromatic rings. The Morgan fingerprint density at radius 1 is 1.41 bits per heavy atom. The number of nitrogens with one attached hydrogen (secondary N) is 1. The molecule has 1 N–H and O–H groups in total. The predicted octanol–water partition coefficient (Wildman–Crippen LogP) is 3.44. The van der Waals surface area contributed by atoms with Crippen molar-refractivity contribution >= 4 is 5.95 Å². The van der Waals surface area contributed by atoms with Crippen molar-refractivity contribution in [1.82, 2.24) is 9.55 Å². The fourth-order valence-electron chi connectivity index (χ4n) is 3.25. The Morgan fingerprint density at radius 2 is 2.12 bits per heavy atom. The van der Waals surface area contributed by atoms with Gasteiger partial charge in [0.25, 0.3) is 0 Å². The molecule has 1 aliphatic rings. The summed E-state index contributed by atoms with van der Waals surface area (Å²) in [6, 6.07) is 0. The number of aryl methyl sites for hydroxylation is 1. The van der Waals surface area contributed by atoms with E-state index in [1.165, 1.54) is 32.1 Å². The van der Waals surface area contributed by atoms with Gasteiger partial charge in [0.2, 0.25) is 5.95 Å². The van der Waals surface area contributed by atoms with E-state index in [1.807, 2.05) is 19.4 Å². The molecule has 0 radical (unpaired) electrons. The molecule has 2 rings (SSSR count). The SMILES string of the molecule is CC(C)CC1(CNc2nccn2C)CCCC1. The van der Waals surface area contributed by atoms with Gasteiger partial charge in [0.15, 0.2) is 0 Å². The smallest absolute Gasteiger partial charge is 0.202 e. The Bertz CT molecular complexity index is 348. The summed E-state index contributed by atoms with van der Waals surface area (Å²) in [5, 5.41) is 3.53. The number of aromatic nitrogens is 2. The van der Waals surface area contributed by atoms with Crippen molar-refractivity contribution in [1.29, 1.82) is 0 Å². The van der Waals surface area contributed by atoms with Crippen molar-refractivity contribution in [3.8, 4) is 0 Å². The van der Waals surface area contributed by atoms with E-state index in [9.17, 15) is 0 Å². The molecule has 17 heavy (non-hydrogen) atoms. The highest BCUT2D eigenvalue weighted by Gasteiger charge is 2.34. The minimum atomic E-state index is 0.514. The quantitative estimate of drug-likeness (QED) is 0.847. The van der Waals surface area contributed by atoms with Crippen molar-refractivity contribution in [3.05, 3.63) is 12.4 Å². The molecule has 1 saturated carbocycles. The van der Waals surface area contributed by atoms with Crippen LogP contribution in [-0.2, 0) is 7.05 Å². The van der Waals surface area contributed by atoms with Gasteiger partial charge >= 0.3 is 0 Å². The van der Waals surface area contributed by atoms with E-state index in [2.05, 4.69) is 28.7 Å². The molecular formula is C14H25N3. The lowest BCUT2D eigenvalue weighted by Gasteiger charge is -2.31. The first-order chi connectivity index (χ1) is 8.11. The second-order valence-corrected chi connectivity index (χ2v) is 6.02. The molecule has 3 nitrogen and oxygen atoms in total. The van der Waals surface area contributed by atoms with Crippen LogP contribution in [0.1, 0.15) is 46.0 Å². The lowest BCUT2D eigenvalue weighted by molar-refractivity contribution is 0.252. The number of rotatable bonds is 5. The minimum Gasteiger partial charge on any atom is -0.355 e. The molecule has 0 aromatic carbocycles. The normalized spacial score (nSPS) is 18.8. The van der Waals surface area contributed by atoms with Crippen molar-refractivity contribution in [2.75, 3.05) is 11.9 Å². The molecule has 1 fully saturated rings. The van der Waals surface area contributed by atoms with Crippen LogP contribution < -0.4 is 5.32 Å². The zero-order valence-corrected chi connectivity index (χ0v) is 11.4. The number of nitrogens with zero attached hydrogens (tertiary/aromatic N) is 2. The highest BCUT2D eigenvalue weighted by atomic mass is 15.2. The Labute approximate surface area is 105 Å². The van der Waals surface area contributed by atoms with Gasteiger partial charge in [-0.2, -0.15) is 0 Å². The van der Waals surface area contributed by atoms with Crippen molar-refractivity contribution in [3.63, 3.8) is 0 Å². The summed E-state index contributed by atoms with van der Waals surface area (Å²) in [6.45, 7) is 5.75. The Hall–Kier alpha value is -0.990. The van der Waals surface area contributed by atoms with Crippen LogP contribution in [0.15, 0.2) is 12.4 Å². The molecule has 0 amide bonds. The first-order valence-corrected chi connectivity index (χ1v) is 6.82. The van der Waals surface area contributed by atoms with Crippen LogP contribution in [0.5, 0.6) is 0 Å². The number of anilines is 1. The van der Waals surface area contributed by atoms with Crippen LogP contribution in [-0.4, -0.2) is 16.1 Å². The van der Waals surface area contributed by atoms with Crippen LogP contribution in [0, 0.1) is 11.3 Å². The molecule has 1 aliphatic carbocycles. The van der Waals surface area contributed by atoms with Gasteiger partial charge in [0, 0.05) is 26.0 Å². The first kappa shape index (κ1) is 12.5. The number of hydrogen-bond donors (Lipinski definition) is 1. The summed E-state index contributed by atoms with van der Waals surface area (Å²) >= 11 is 0. The second-order valence-electron chi connectivity index (χ2n) is 6.02. The summed E-state index contributed by atoms with van der Waals surface area (Å²) in [7, 11) is 2.04. The van der Waals surface area contributed by atoms with Gasteiger partial charge in [-0.25, -0.2) is 4.98 Å². The topological polar surface area (TPSA) is 29.9 Å². The highest BCUT2D eigenvalue weighted by molar-refractivity contribution is 5.26. The predicted molar refractivity (Wildman–Crippen MR) is 72.1 cm³/mol. The molecule has 0 aliphatic heterocycles. The van der Waals surface area contributed by atoms with E-state index in [4.69, 9.17) is 0 Å². The highest BCUT2D eigenvalue weighted by Crippen LogP contribution is 2.43. The van der Waals surface area contributed by atoms with Gasteiger partial charge in [-0.1, -0.05) is 26.7 Å². The summed E-state index contributed by atoms with van der Waals surface area (Å²) in [4.78, 5) is 4.34. The molecule has 0 saturated heterocycles. The van der Waals surface area contributed by atoms with E-state index in [-0.39, 0.29) is 0 Å². The largest absolute Gasteiger partial charge is 0.355 e. The van der Waals surface area contributed by atoms with Gasteiger partial charge in [-0.05, 0) is 30.6 Å². The van der Waals surface area contributed by atoms with Gasteiger partial charge in [0.05, 0.1) is 0 Å². The van der Waals surface area contributed by atoms with E-state index < -0.39 is 0 Å². The third-order valence-electron chi connectivity index (χ3n) is 3.95. The van der Waals surface area contributed by atoms with Crippen LogP contribution in [0.2, 0.25) is 0 Å². The first-order valence-electron chi connectivity index (χ1n) is 6.82. The standard InChI is InChI=1S/C14H25N3/c1-12(2)10-14(6-4-5-7-14)11-16-13-15-8-9-17(13)3/h8-9,12H,4-7,10-11H2,1-3H3,(H,15,16). The zero-order valence-electron chi connectivity index (χ0n) is 11.4. The molecule has 0 unspecified atom stereocenters. The molecule has 0 bridgehead atoms. The number of imidazole rings is 1. The van der Waals surface area contributed by atoms with Crippen LogP contribution >= 0.6 is 0 Å². The third kappa shape index (κ3) is 3.02. The molecule has 96 valence electrons. The third-order valence-corrected chi connectivity index (χ3v) is 3.95.